The summed E-state index contributed by atoms with van der Waals surface area (Å²) in [7, 11) is 0. The molecule has 5 heteroatoms. The summed E-state index contributed by atoms with van der Waals surface area (Å²) in [5.41, 5.74) is 0. The predicted molar refractivity (Wildman–Crippen MR) is 53.3 cm³/mol. The van der Waals surface area contributed by atoms with Gasteiger partial charge in [-0.2, -0.15) is 0 Å². The van der Waals surface area contributed by atoms with E-state index >= 15 is 0 Å². The number of aryl methyl sites for hydroxylation is 1. The van der Waals surface area contributed by atoms with E-state index in [-0.39, 0.29) is 5.92 Å². The van der Waals surface area contributed by atoms with Crippen molar-refractivity contribution in [3.05, 3.63) is 16.1 Å². The Bertz CT molecular complexity index is 344. The molecule has 0 atom stereocenters. The van der Waals surface area contributed by atoms with Gasteiger partial charge in [0.25, 0.3) is 0 Å². The Morgan fingerprint density at radius 3 is 3.00 bits per heavy atom. The number of rotatable bonds is 3. The smallest absolute Gasteiger partial charge is 0.309 e. The van der Waals surface area contributed by atoms with Crippen LogP contribution in [0.25, 0.3) is 0 Å². The lowest BCUT2D eigenvalue weighted by Gasteiger charge is -2.36. The first kappa shape index (κ1) is 9.61. The second-order valence-corrected chi connectivity index (χ2v) is 4.89. The van der Waals surface area contributed by atoms with Gasteiger partial charge in [0.2, 0.25) is 0 Å². The number of carboxylic acid groups (broad SMARTS) is 1. The van der Waals surface area contributed by atoms with Crippen molar-refractivity contribution in [2.24, 2.45) is 5.92 Å². The first-order valence-corrected chi connectivity index (χ1v) is 5.33. The zero-order chi connectivity index (χ0) is 10.1. The molecule has 14 heavy (non-hydrogen) atoms. The van der Waals surface area contributed by atoms with Crippen molar-refractivity contribution in [2.75, 3.05) is 13.1 Å². The second-order valence-electron chi connectivity index (χ2n) is 3.57. The van der Waals surface area contributed by atoms with Crippen LogP contribution in [0.4, 0.5) is 0 Å². The van der Waals surface area contributed by atoms with Gasteiger partial charge in [0, 0.05) is 30.7 Å². The Hall–Kier alpha value is -0.940. The minimum absolute atomic E-state index is 0.163. The third-order valence-electron chi connectivity index (χ3n) is 2.36. The standard InChI is InChI=1S/C9H12N2O2S/c1-6-10-2-8(14-6)5-11-3-7(4-11)9(12)13/h2,7H,3-5H2,1H3,(H,12,13). The topological polar surface area (TPSA) is 53.4 Å². The van der Waals surface area contributed by atoms with E-state index < -0.39 is 5.97 Å². The van der Waals surface area contributed by atoms with Crippen molar-refractivity contribution in [1.29, 1.82) is 0 Å². The molecule has 0 bridgehead atoms. The molecule has 0 unspecified atom stereocenters. The zero-order valence-electron chi connectivity index (χ0n) is 7.93. The van der Waals surface area contributed by atoms with Crippen LogP contribution >= 0.6 is 11.3 Å². The molecule has 1 aliphatic rings. The molecule has 1 saturated heterocycles. The summed E-state index contributed by atoms with van der Waals surface area (Å²) in [6.07, 6.45) is 1.87. The molecule has 1 aromatic heterocycles. The molecule has 0 amide bonds. The largest absolute Gasteiger partial charge is 0.481 e. The van der Waals surface area contributed by atoms with E-state index in [1.807, 2.05) is 13.1 Å². The highest BCUT2D eigenvalue weighted by atomic mass is 32.1. The van der Waals surface area contributed by atoms with Crippen molar-refractivity contribution >= 4 is 17.3 Å². The number of carboxylic acids is 1. The average molecular weight is 212 g/mol. The molecule has 0 aliphatic carbocycles. The van der Waals surface area contributed by atoms with Gasteiger partial charge in [-0.3, -0.25) is 9.69 Å². The van der Waals surface area contributed by atoms with Gasteiger partial charge in [-0.15, -0.1) is 11.3 Å². The fourth-order valence-electron chi connectivity index (χ4n) is 1.55. The molecular weight excluding hydrogens is 200 g/mol. The Morgan fingerprint density at radius 1 is 1.79 bits per heavy atom. The number of likely N-dealkylation sites (tertiary alicyclic amines) is 1. The Morgan fingerprint density at radius 2 is 2.50 bits per heavy atom. The first-order chi connectivity index (χ1) is 6.65. The highest BCUT2D eigenvalue weighted by Crippen LogP contribution is 2.21. The number of hydrogen-bond donors (Lipinski definition) is 1. The SMILES string of the molecule is Cc1ncc(CN2CC(C(=O)O)C2)s1. The quantitative estimate of drug-likeness (QED) is 0.811. The van der Waals surface area contributed by atoms with Gasteiger partial charge in [-0.1, -0.05) is 0 Å². The lowest BCUT2D eigenvalue weighted by molar-refractivity contribution is -0.147. The van der Waals surface area contributed by atoms with Crippen molar-refractivity contribution in [1.82, 2.24) is 9.88 Å². The number of nitrogens with zero attached hydrogens (tertiary/aromatic N) is 2. The van der Waals surface area contributed by atoms with Crippen LogP contribution in [0.15, 0.2) is 6.20 Å². The third-order valence-corrected chi connectivity index (χ3v) is 3.25. The van der Waals surface area contributed by atoms with E-state index in [1.165, 1.54) is 4.88 Å². The summed E-state index contributed by atoms with van der Waals surface area (Å²) in [5.74, 6) is -0.842. The predicted octanol–water partition coefficient (Wildman–Crippen LogP) is 0.968. The number of aliphatic carboxylic acids is 1. The van der Waals surface area contributed by atoms with Gasteiger partial charge in [0.15, 0.2) is 0 Å². The van der Waals surface area contributed by atoms with Crippen molar-refractivity contribution < 1.29 is 9.90 Å². The molecule has 1 fully saturated rings. The molecule has 0 spiro atoms. The maximum absolute atomic E-state index is 10.5. The highest BCUT2D eigenvalue weighted by molar-refractivity contribution is 7.11. The Balaban J connectivity index is 1.82. The van der Waals surface area contributed by atoms with Gasteiger partial charge >= 0.3 is 5.97 Å². The monoisotopic (exact) mass is 212 g/mol. The number of hydrogen-bond acceptors (Lipinski definition) is 4. The molecule has 0 saturated carbocycles. The van der Waals surface area contributed by atoms with Crippen molar-refractivity contribution in [2.45, 2.75) is 13.5 Å². The van der Waals surface area contributed by atoms with Crippen molar-refractivity contribution in [3.63, 3.8) is 0 Å². The van der Waals surface area contributed by atoms with Crippen LogP contribution in [0.1, 0.15) is 9.88 Å². The van der Waals surface area contributed by atoms with Gasteiger partial charge < -0.3 is 5.11 Å². The van der Waals surface area contributed by atoms with E-state index in [0.717, 1.165) is 11.6 Å². The normalized spacial score (nSPS) is 18.1. The lowest BCUT2D eigenvalue weighted by atomic mass is 10.0. The summed E-state index contributed by atoms with van der Waals surface area (Å²) in [4.78, 5) is 18.0. The number of aromatic nitrogens is 1. The number of thiazole rings is 1. The third kappa shape index (κ3) is 1.93. The molecule has 2 rings (SSSR count). The summed E-state index contributed by atoms with van der Waals surface area (Å²) in [6, 6.07) is 0. The maximum Gasteiger partial charge on any atom is 0.309 e. The van der Waals surface area contributed by atoms with Crippen LogP contribution < -0.4 is 0 Å². The van der Waals surface area contributed by atoms with Crippen LogP contribution in [0.5, 0.6) is 0 Å². The Kier molecular flexibility index (Phi) is 2.52. The molecular formula is C9H12N2O2S. The van der Waals surface area contributed by atoms with E-state index in [9.17, 15) is 4.79 Å². The minimum atomic E-state index is -0.679. The van der Waals surface area contributed by atoms with Crippen LogP contribution in [-0.4, -0.2) is 34.0 Å². The molecule has 76 valence electrons. The first-order valence-electron chi connectivity index (χ1n) is 4.51. The fourth-order valence-corrected chi connectivity index (χ4v) is 2.39. The van der Waals surface area contributed by atoms with E-state index in [4.69, 9.17) is 5.11 Å². The molecule has 0 radical (unpaired) electrons. The summed E-state index contributed by atoms with van der Waals surface area (Å²) in [5, 5.41) is 9.75. The second kappa shape index (κ2) is 3.67. The molecule has 1 aromatic rings. The highest BCUT2D eigenvalue weighted by Gasteiger charge is 2.32. The number of carbonyl (C=O) groups is 1. The molecule has 1 N–H and O–H groups in total. The lowest BCUT2D eigenvalue weighted by Crippen LogP contribution is -2.49. The average Bonchev–Trinajstić information content (AvgIpc) is 2.42. The minimum Gasteiger partial charge on any atom is -0.481 e. The fraction of sp³-hybridized carbons (Fsp3) is 0.556. The van der Waals surface area contributed by atoms with Gasteiger partial charge in [-0.05, 0) is 6.92 Å². The molecule has 4 nitrogen and oxygen atoms in total. The van der Waals surface area contributed by atoms with E-state index in [2.05, 4.69) is 9.88 Å². The van der Waals surface area contributed by atoms with Gasteiger partial charge in [0.1, 0.15) is 0 Å². The van der Waals surface area contributed by atoms with Gasteiger partial charge in [0.05, 0.1) is 10.9 Å². The van der Waals surface area contributed by atoms with Gasteiger partial charge in [-0.25, -0.2) is 4.98 Å². The Labute approximate surface area is 86.2 Å². The molecule has 0 aromatic carbocycles. The zero-order valence-corrected chi connectivity index (χ0v) is 8.75. The van der Waals surface area contributed by atoms with Crippen LogP contribution in [0.2, 0.25) is 0 Å². The van der Waals surface area contributed by atoms with Crippen LogP contribution in [0, 0.1) is 12.8 Å². The van der Waals surface area contributed by atoms with Crippen molar-refractivity contribution in [3.8, 4) is 0 Å². The van der Waals surface area contributed by atoms with E-state index in [0.29, 0.717) is 13.1 Å². The summed E-state index contributed by atoms with van der Waals surface area (Å²) >= 11 is 1.67. The van der Waals surface area contributed by atoms with Crippen LogP contribution in [0.3, 0.4) is 0 Å². The molecule has 1 aliphatic heterocycles. The van der Waals surface area contributed by atoms with Crippen LogP contribution in [-0.2, 0) is 11.3 Å². The maximum atomic E-state index is 10.5. The molecule has 2 heterocycles. The van der Waals surface area contributed by atoms with E-state index in [1.54, 1.807) is 11.3 Å². The summed E-state index contributed by atoms with van der Waals surface area (Å²) in [6.45, 7) is 4.16. The summed E-state index contributed by atoms with van der Waals surface area (Å²) < 4.78 is 0.